The first-order valence-electron chi connectivity index (χ1n) is 32.8. The monoisotopic (exact) mass is 1440 g/mol. The van der Waals surface area contributed by atoms with Gasteiger partial charge in [0.1, 0.15) is 0 Å². The SMILES string of the molecule is CN.Cl.NCCN1CCN(CCN2CCNC2=O)CC1.NCCNCCN1CCN(CCN)CC1.O=C1NCCN1CCCl.O=C1NCCN1CCN1CCN(CCN2C(=O)c3ccccc3C2=O)CC1.O=C1c2ccccc2C(=O)N1CCN1CCNCC1.O=CO[O-].[H-].[K+].[K+]. The van der Waals surface area contributed by atoms with Crippen LogP contribution in [0.5, 0.6) is 0 Å². The summed E-state index contributed by atoms with van der Waals surface area (Å²) in [7, 11) is 1.50. The molecule has 0 unspecified atom stereocenters. The average Bonchev–Trinajstić information content (AvgIpc) is 1.65. The largest absolute Gasteiger partial charge is 1.00 e. The van der Waals surface area contributed by atoms with Gasteiger partial charge in [0.15, 0.2) is 0 Å². The molecule has 0 radical (unpaired) electrons. The standard InChI is InChI=1S/C19H25N5O3.C14H17N3O2.C11H23N5O.C10H25N5.C5H9ClN2O.CH5N.CH2O3.ClH.2K.H/c25-17-15-3-1-2-4-16(15)18(26)24(17)14-12-22-9-7-21(8-10-22)11-13-23-6-5-20-19(23)27;18-13-11-3-1-2-4-12(11)14(19)17(13)10-9-16-7-5-15-6-8-16;12-1-3-14-5-7-15(8-6-14)9-10-16-4-2-13-11(16)17;11-1-3-13-4-6-15-9-7-14(5-2-12)8-10-15;6-1-3-8-4-2-7-5(8)9;1-2;2-1-4-3;;;;/h1-4H,5-14H2,(H,20,27);1-4,15H,5-10H2;1-10,12H2,(H,13,17);13H,1-12H2;1-4H2,(H,7,9);2H2,1H3;1,3H;1H;;;/q;;;;;;;;2*+1;-1/p-1. The first-order valence-corrected chi connectivity index (χ1v) is 33.3. The first-order chi connectivity index (χ1) is 45.3. The van der Waals surface area contributed by atoms with Crippen LogP contribution in [0.1, 0.15) is 42.9 Å². The average molecular weight is 1440 g/mol. The van der Waals surface area contributed by atoms with Gasteiger partial charge in [-0.25, -0.2) is 14.4 Å². The van der Waals surface area contributed by atoms with E-state index in [0.717, 1.165) is 216 Å². The fourth-order valence-electron chi connectivity index (χ4n) is 11.6. The van der Waals surface area contributed by atoms with Gasteiger partial charge in [0, 0.05) is 261 Å². The van der Waals surface area contributed by atoms with Crippen molar-refractivity contribution in [1.82, 2.24) is 85.4 Å². The summed E-state index contributed by atoms with van der Waals surface area (Å²) < 4.78 is 0. The van der Waals surface area contributed by atoms with Crippen molar-refractivity contribution in [1.29, 1.82) is 0 Å². The second-order valence-electron chi connectivity index (χ2n) is 22.9. The molecule has 7 fully saturated rings. The van der Waals surface area contributed by atoms with Gasteiger partial charge in [-0.2, -0.15) is 0 Å². The van der Waals surface area contributed by atoms with Gasteiger partial charge in [0.2, 0.25) is 0 Å². The van der Waals surface area contributed by atoms with Crippen molar-refractivity contribution < 1.29 is 153 Å². The molecule has 9 aliphatic rings. The van der Waals surface area contributed by atoms with E-state index in [1.807, 2.05) is 9.80 Å². The van der Waals surface area contributed by atoms with Crippen LogP contribution in [0.3, 0.4) is 0 Å². The molecule has 532 valence electrons. The van der Waals surface area contributed by atoms with Crippen LogP contribution in [0.15, 0.2) is 48.5 Å². The van der Waals surface area contributed by atoms with Crippen LogP contribution in [-0.2, 0) is 9.68 Å². The third-order valence-corrected chi connectivity index (χ3v) is 17.2. The zero-order valence-corrected chi connectivity index (χ0v) is 64.8. The minimum absolute atomic E-state index is 0. The second-order valence-corrected chi connectivity index (χ2v) is 23.3. The number of halogens is 2. The number of urea groups is 3. The number of piperazine rings is 4. The Bertz CT molecular complexity index is 2510. The summed E-state index contributed by atoms with van der Waals surface area (Å²) in [6.07, 6.45) is 0. The number of alkyl halides is 1. The van der Waals surface area contributed by atoms with E-state index in [-0.39, 0.29) is 165 Å². The summed E-state index contributed by atoms with van der Waals surface area (Å²) in [6.45, 7) is 35.1. The third kappa shape index (κ3) is 30.9. The topological polar surface area (TPSA) is 372 Å². The molecule has 2 aromatic carbocycles. The predicted octanol–water partition coefficient (Wildman–Crippen LogP) is -10.4. The van der Waals surface area contributed by atoms with Gasteiger partial charge in [-0.3, -0.25) is 68.1 Å². The molecule has 2 aromatic rings. The van der Waals surface area contributed by atoms with Crippen LogP contribution < -0.4 is 158 Å². The molecular weight excluding hydrogens is 1340 g/mol. The summed E-state index contributed by atoms with van der Waals surface area (Å²) in [4.78, 5) is 119. The molecule has 31 nitrogen and oxygen atoms in total. The Morgan fingerprint density at radius 3 is 1.01 bits per heavy atom. The number of hydrogen-bond acceptors (Lipinski definition) is 23. The van der Waals surface area contributed by atoms with Gasteiger partial charge in [0.25, 0.3) is 30.1 Å². The van der Waals surface area contributed by atoms with Gasteiger partial charge >= 0.3 is 121 Å². The number of rotatable bonds is 24. The molecule has 0 saturated carbocycles. The smallest absolute Gasteiger partial charge is 1.00 e. The Morgan fingerprint density at radius 1 is 0.438 bits per heavy atom. The second kappa shape index (κ2) is 52.3. The van der Waals surface area contributed by atoms with E-state index >= 15 is 0 Å². The van der Waals surface area contributed by atoms with E-state index in [9.17, 15) is 33.6 Å². The van der Waals surface area contributed by atoms with E-state index in [0.29, 0.717) is 54.3 Å². The summed E-state index contributed by atoms with van der Waals surface area (Å²) in [5, 5.41) is 23.4. The molecule has 10 amide bonds. The van der Waals surface area contributed by atoms with Crippen molar-refractivity contribution >= 4 is 72.2 Å². The Hall–Kier alpha value is -2.71. The van der Waals surface area contributed by atoms with Gasteiger partial charge < -0.3 is 75.8 Å². The van der Waals surface area contributed by atoms with E-state index in [1.54, 1.807) is 53.4 Å². The quantitative estimate of drug-likeness (QED) is 0.00896. The fraction of sp³-hybridized carbons (Fsp3) is 0.672. The summed E-state index contributed by atoms with van der Waals surface area (Å²) in [5.74, 6) is -0.157. The minimum Gasteiger partial charge on any atom is -1.00 e. The van der Waals surface area contributed by atoms with E-state index in [2.05, 4.69) is 71.5 Å². The van der Waals surface area contributed by atoms with Crippen molar-refractivity contribution in [3.05, 3.63) is 70.8 Å². The van der Waals surface area contributed by atoms with Gasteiger partial charge in [0.05, 0.1) is 22.3 Å². The molecule has 9 aliphatic heterocycles. The number of nitrogens with zero attached hydrogens (tertiary/aromatic N) is 12. The minimum atomic E-state index is -0.182. The van der Waals surface area contributed by atoms with E-state index < -0.39 is 0 Å². The summed E-state index contributed by atoms with van der Waals surface area (Å²) in [5.41, 5.74) is 23.1. The number of nitrogens with one attached hydrogen (secondary N) is 5. The number of nitrogens with two attached hydrogens (primary N) is 4. The number of carbonyl (C=O) groups is 8. The van der Waals surface area contributed by atoms with Crippen LogP contribution in [-0.4, -0.2) is 375 Å². The van der Waals surface area contributed by atoms with Gasteiger partial charge in [-0.1, -0.05) is 24.3 Å². The molecule has 7 saturated heterocycles. The predicted molar refractivity (Wildman–Crippen MR) is 363 cm³/mol. The van der Waals surface area contributed by atoms with Crippen LogP contribution in [0, 0.1) is 0 Å². The van der Waals surface area contributed by atoms with Crippen molar-refractivity contribution in [3.63, 3.8) is 0 Å². The van der Waals surface area contributed by atoms with Crippen molar-refractivity contribution in [2.45, 2.75) is 0 Å². The van der Waals surface area contributed by atoms with Crippen LogP contribution >= 0.6 is 24.0 Å². The zero-order chi connectivity index (χ0) is 67.2. The first kappa shape index (κ1) is 89.4. The molecule has 13 N–H and O–H groups in total. The number of benzene rings is 2. The number of fused-ring (bicyclic) bond motifs is 2. The maximum absolute atomic E-state index is 12.4. The van der Waals surface area contributed by atoms with Crippen LogP contribution in [0.25, 0.3) is 0 Å². The van der Waals surface area contributed by atoms with Crippen LogP contribution in [0.4, 0.5) is 14.4 Å². The van der Waals surface area contributed by atoms with E-state index in [4.69, 9.17) is 38.9 Å². The fourth-order valence-corrected chi connectivity index (χ4v) is 11.8. The number of carbonyl (C=O) groups excluding carboxylic acids is 8. The van der Waals surface area contributed by atoms with Crippen molar-refractivity contribution in [3.8, 4) is 0 Å². The summed E-state index contributed by atoms with van der Waals surface area (Å²) >= 11 is 5.43. The molecule has 0 bridgehead atoms. The molecule has 0 aliphatic carbocycles. The Kier molecular flexibility index (Phi) is 48.7. The Labute approximate surface area is 664 Å². The molecule has 35 heteroatoms. The molecule has 0 atom stereocenters. The number of imide groups is 2. The van der Waals surface area contributed by atoms with E-state index in [1.165, 1.54) is 29.9 Å². The normalized spacial score (nSPS) is 19.0. The molecule has 0 aromatic heterocycles. The van der Waals surface area contributed by atoms with Crippen molar-refractivity contribution in [2.75, 3.05) is 268 Å². The number of hydrogen-bond donors (Lipinski definition) is 9. The molecule has 9 heterocycles. The Balaban J connectivity index is 0.000000607. The van der Waals surface area contributed by atoms with Gasteiger partial charge in [-0.05, 0) is 31.3 Å². The molecule has 96 heavy (non-hydrogen) atoms. The molecule has 11 rings (SSSR count). The number of amides is 10. The van der Waals surface area contributed by atoms with Crippen LogP contribution in [0.2, 0.25) is 0 Å². The molecule has 0 spiro atoms. The zero-order valence-electron chi connectivity index (χ0n) is 58.0. The summed E-state index contributed by atoms with van der Waals surface area (Å²) in [6, 6.07) is 14.2. The van der Waals surface area contributed by atoms with Gasteiger partial charge in [-0.15, -0.1) is 24.0 Å². The Morgan fingerprint density at radius 2 is 0.729 bits per heavy atom. The third-order valence-electron chi connectivity index (χ3n) is 17.1. The maximum atomic E-state index is 12.4. The van der Waals surface area contributed by atoms with Crippen molar-refractivity contribution in [2.24, 2.45) is 22.9 Å². The molecular formula is C61H107Cl2K2N21O10. The maximum Gasteiger partial charge on any atom is 1.00 e.